The lowest BCUT2D eigenvalue weighted by atomic mass is 10.1. The second kappa shape index (κ2) is 5.27. The van der Waals surface area contributed by atoms with E-state index < -0.39 is 0 Å². The summed E-state index contributed by atoms with van der Waals surface area (Å²) in [6.45, 7) is 0.265. The average molecular weight is 269 g/mol. The van der Waals surface area contributed by atoms with Crippen LogP contribution in [0, 0.1) is 0 Å². The van der Waals surface area contributed by atoms with Crippen LogP contribution in [0.1, 0.15) is 5.56 Å². The molecule has 0 aromatic heterocycles. The predicted molar refractivity (Wildman–Crippen MR) is 76.7 cm³/mol. The maximum Gasteiger partial charge on any atom is 0.174 e. The molecule has 0 unspecified atom stereocenters. The Kier molecular flexibility index (Phi) is 3.31. The summed E-state index contributed by atoms with van der Waals surface area (Å²) in [5.41, 5.74) is 6.70. The van der Waals surface area contributed by atoms with E-state index in [0.29, 0.717) is 28.8 Å². The first kappa shape index (κ1) is 12.6. The van der Waals surface area contributed by atoms with E-state index in [4.69, 9.17) is 19.9 Å². The van der Waals surface area contributed by atoms with Crippen LogP contribution >= 0.6 is 0 Å². The molecule has 1 aliphatic heterocycles. The predicted octanol–water partition coefficient (Wildman–Crippen LogP) is 2.79. The molecule has 2 N–H and O–H groups in total. The van der Waals surface area contributed by atoms with Crippen molar-refractivity contribution in [3.05, 3.63) is 59.9 Å². The minimum absolute atomic E-state index is 0.265. The summed E-state index contributed by atoms with van der Waals surface area (Å²) in [5, 5.41) is 0. The lowest BCUT2D eigenvalue weighted by molar-refractivity contribution is 0.336. The van der Waals surface area contributed by atoms with Gasteiger partial charge in [0, 0.05) is 11.6 Å². The van der Waals surface area contributed by atoms with Gasteiger partial charge in [0.2, 0.25) is 0 Å². The zero-order chi connectivity index (χ0) is 13.9. The van der Waals surface area contributed by atoms with Gasteiger partial charge in [-0.25, -0.2) is 0 Å². The van der Waals surface area contributed by atoms with Crippen LogP contribution in [0.25, 0.3) is 5.76 Å². The van der Waals surface area contributed by atoms with E-state index in [2.05, 4.69) is 0 Å². The highest BCUT2D eigenvalue weighted by molar-refractivity contribution is 5.68. The second-order valence-corrected chi connectivity index (χ2v) is 4.34. The van der Waals surface area contributed by atoms with E-state index in [1.807, 2.05) is 42.5 Å². The van der Waals surface area contributed by atoms with Crippen LogP contribution in [0.5, 0.6) is 17.2 Å². The number of hydrogen-bond acceptors (Lipinski definition) is 4. The van der Waals surface area contributed by atoms with Gasteiger partial charge in [0.15, 0.2) is 23.0 Å². The Morgan fingerprint density at radius 1 is 1.00 bits per heavy atom. The van der Waals surface area contributed by atoms with Crippen molar-refractivity contribution in [2.24, 2.45) is 5.73 Å². The Balaban J connectivity index is 2.02. The van der Waals surface area contributed by atoms with Crippen LogP contribution in [0.2, 0.25) is 0 Å². The molecule has 0 spiro atoms. The fourth-order valence-corrected chi connectivity index (χ4v) is 2.07. The number of nitrogens with two attached hydrogens (primary N) is 1. The average Bonchev–Trinajstić information content (AvgIpc) is 2.53. The minimum Gasteiger partial charge on any atom is -0.497 e. The molecule has 0 radical (unpaired) electrons. The summed E-state index contributed by atoms with van der Waals surface area (Å²) in [6, 6.07) is 15.2. The summed E-state index contributed by atoms with van der Waals surface area (Å²) in [4.78, 5) is 0. The zero-order valence-electron chi connectivity index (χ0n) is 11.1. The molecule has 4 nitrogen and oxygen atoms in total. The van der Waals surface area contributed by atoms with Crippen LogP contribution < -0.4 is 19.9 Å². The van der Waals surface area contributed by atoms with Crippen molar-refractivity contribution in [2.75, 3.05) is 13.7 Å². The van der Waals surface area contributed by atoms with E-state index in [1.165, 1.54) is 0 Å². The Hall–Kier alpha value is -2.46. The van der Waals surface area contributed by atoms with Crippen molar-refractivity contribution >= 4 is 5.76 Å². The molecule has 0 saturated heterocycles. The van der Waals surface area contributed by atoms with Crippen LogP contribution in [-0.4, -0.2) is 13.7 Å². The highest BCUT2D eigenvalue weighted by Gasteiger charge is 2.22. The van der Waals surface area contributed by atoms with Crippen molar-refractivity contribution in [2.45, 2.75) is 0 Å². The molecule has 1 aliphatic rings. The Morgan fingerprint density at radius 2 is 1.80 bits per heavy atom. The molecule has 102 valence electrons. The van der Waals surface area contributed by atoms with Gasteiger partial charge in [-0.1, -0.05) is 30.3 Å². The van der Waals surface area contributed by atoms with Crippen molar-refractivity contribution in [1.29, 1.82) is 0 Å². The monoisotopic (exact) mass is 269 g/mol. The molecule has 2 aromatic carbocycles. The normalized spacial score (nSPS) is 13.3. The smallest absolute Gasteiger partial charge is 0.174 e. The van der Waals surface area contributed by atoms with Crippen molar-refractivity contribution in [3.8, 4) is 17.2 Å². The number of hydrogen-bond donors (Lipinski definition) is 1. The highest BCUT2D eigenvalue weighted by atomic mass is 16.6. The molecule has 3 rings (SSSR count). The van der Waals surface area contributed by atoms with E-state index in [0.717, 1.165) is 5.56 Å². The summed E-state index contributed by atoms with van der Waals surface area (Å²) in [5.74, 6) is 3.25. The first-order chi connectivity index (χ1) is 9.81. The Morgan fingerprint density at radius 3 is 2.50 bits per heavy atom. The molecule has 20 heavy (non-hydrogen) atoms. The van der Waals surface area contributed by atoms with Gasteiger partial charge < -0.3 is 19.9 Å². The SMILES string of the molecule is COc1ccc2c(c1)OC(CN)=C(c1ccccc1)O2. The standard InChI is InChI=1S/C16H15NO3/c1-18-12-7-8-13-14(9-12)19-15(10-17)16(20-13)11-5-3-2-4-6-11/h2-9H,10,17H2,1H3. The molecule has 1 heterocycles. The Bertz CT molecular complexity index is 650. The molecule has 0 atom stereocenters. The molecular formula is C16H15NO3. The van der Waals surface area contributed by atoms with Crippen molar-refractivity contribution < 1.29 is 14.2 Å². The third kappa shape index (κ3) is 2.21. The topological polar surface area (TPSA) is 53.7 Å². The van der Waals surface area contributed by atoms with Gasteiger partial charge in [0.25, 0.3) is 0 Å². The highest BCUT2D eigenvalue weighted by Crippen LogP contribution is 2.40. The number of methoxy groups -OCH3 is 1. The van der Waals surface area contributed by atoms with E-state index in [9.17, 15) is 0 Å². The quantitative estimate of drug-likeness (QED) is 0.931. The van der Waals surface area contributed by atoms with Crippen LogP contribution in [0.15, 0.2) is 54.3 Å². The fourth-order valence-electron chi connectivity index (χ4n) is 2.07. The van der Waals surface area contributed by atoms with Crippen LogP contribution in [-0.2, 0) is 0 Å². The van der Waals surface area contributed by atoms with E-state index in [-0.39, 0.29) is 6.54 Å². The van der Waals surface area contributed by atoms with Gasteiger partial charge in [-0.05, 0) is 12.1 Å². The lowest BCUT2D eigenvalue weighted by Gasteiger charge is -2.23. The number of fused-ring (bicyclic) bond motifs is 1. The van der Waals surface area contributed by atoms with Gasteiger partial charge in [0.1, 0.15) is 5.75 Å². The molecule has 0 amide bonds. The summed E-state index contributed by atoms with van der Waals surface area (Å²) >= 11 is 0. The summed E-state index contributed by atoms with van der Waals surface area (Å²) in [6.07, 6.45) is 0. The fraction of sp³-hybridized carbons (Fsp3) is 0.125. The minimum atomic E-state index is 0.265. The van der Waals surface area contributed by atoms with Gasteiger partial charge in [0.05, 0.1) is 13.7 Å². The summed E-state index contributed by atoms with van der Waals surface area (Å²) < 4.78 is 17.0. The van der Waals surface area contributed by atoms with Gasteiger partial charge in [-0.15, -0.1) is 0 Å². The number of ether oxygens (including phenoxy) is 3. The second-order valence-electron chi connectivity index (χ2n) is 4.34. The third-order valence-electron chi connectivity index (χ3n) is 3.07. The molecule has 0 saturated carbocycles. The summed E-state index contributed by atoms with van der Waals surface area (Å²) in [7, 11) is 1.61. The molecule has 0 fully saturated rings. The number of rotatable bonds is 3. The molecule has 0 aliphatic carbocycles. The Labute approximate surface area is 117 Å². The largest absolute Gasteiger partial charge is 0.497 e. The first-order valence-corrected chi connectivity index (χ1v) is 6.34. The maximum atomic E-state index is 5.94. The first-order valence-electron chi connectivity index (χ1n) is 6.34. The van der Waals surface area contributed by atoms with Gasteiger partial charge in [-0.2, -0.15) is 0 Å². The lowest BCUT2D eigenvalue weighted by Crippen LogP contribution is -2.18. The molecule has 4 heteroatoms. The van der Waals surface area contributed by atoms with Crippen molar-refractivity contribution in [3.63, 3.8) is 0 Å². The zero-order valence-corrected chi connectivity index (χ0v) is 11.1. The van der Waals surface area contributed by atoms with E-state index in [1.54, 1.807) is 13.2 Å². The number of benzene rings is 2. The van der Waals surface area contributed by atoms with Crippen LogP contribution in [0.4, 0.5) is 0 Å². The van der Waals surface area contributed by atoms with Crippen LogP contribution in [0.3, 0.4) is 0 Å². The van der Waals surface area contributed by atoms with E-state index >= 15 is 0 Å². The molecular weight excluding hydrogens is 254 g/mol. The molecule has 0 bridgehead atoms. The van der Waals surface area contributed by atoms with Crippen molar-refractivity contribution in [1.82, 2.24) is 0 Å². The third-order valence-corrected chi connectivity index (χ3v) is 3.07. The molecule has 2 aromatic rings. The van der Waals surface area contributed by atoms with Gasteiger partial charge >= 0.3 is 0 Å². The maximum absolute atomic E-state index is 5.94. The van der Waals surface area contributed by atoms with Gasteiger partial charge in [-0.3, -0.25) is 0 Å².